The SMILES string of the molecule is O=C1/C(=C/c2cccs2)Oc2cc(OCc3ccc([N+](=O)[O-])cc3)ccc21. The van der Waals surface area contributed by atoms with Gasteiger partial charge in [-0.3, -0.25) is 14.9 Å². The number of allylic oxidation sites excluding steroid dienone is 1. The lowest BCUT2D eigenvalue weighted by Gasteiger charge is -2.07. The van der Waals surface area contributed by atoms with Gasteiger partial charge < -0.3 is 9.47 Å². The summed E-state index contributed by atoms with van der Waals surface area (Å²) < 4.78 is 11.4. The number of ether oxygens (including phenoxy) is 2. The van der Waals surface area contributed by atoms with E-state index in [1.54, 1.807) is 36.4 Å². The Labute approximate surface area is 158 Å². The maximum Gasteiger partial charge on any atom is 0.269 e. The molecule has 0 aliphatic carbocycles. The van der Waals surface area contributed by atoms with Gasteiger partial charge in [-0.2, -0.15) is 0 Å². The van der Waals surface area contributed by atoms with E-state index in [4.69, 9.17) is 9.47 Å². The molecule has 2 aromatic carbocycles. The van der Waals surface area contributed by atoms with Gasteiger partial charge in [-0.15, -0.1) is 11.3 Å². The first-order chi connectivity index (χ1) is 13.1. The number of benzene rings is 2. The largest absolute Gasteiger partial charge is 0.489 e. The highest BCUT2D eigenvalue weighted by Gasteiger charge is 2.27. The molecule has 0 bridgehead atoms. The van der Waals surface area contributed by atoms with Crippen LogP contribution < -0.4 is 9.47 Å². The van der Waals surface area contributed by atoms with E-state index in [-0.39, 0.29) is 18.1 Å². The number of non-ortho nitro benzene ring substituents is 1. The summed E-state index contributed by atoms with van der Waals surface area (Å²) in [6.45, 7) is 0.253. The minimum Gasteiger partial charge on any atom is -0.489 e. The van der Waals surface area contributed by atoms with E-state index < -0.39 is 4.92 Å². The van der Waals surface area contributed by atoms with Gasteiger partial charge in [0.05, 0.1) is 10.5 Å². The Hall–Kier alpha value is -3.45. The molecule has 3 aromatic rings. The van der Waals surface area contributed by atoms with Crippen LogP contribution in [0.15, 0.2) is 65.7 Å². The number of carbonyl (C=O) groups is 1. The van der Waals surface area contributed by atoms with E-state index in [1.165, 1.54) is 23.5 Å². The first kappa shape index (κ1) is 17.0. The number of nitrogens with zero attached hydrogens (tertiary/aromatic N) is 1. The number of ketones is 1. The van der Waals surface area contributed by atoms with Crippen LogP contribution in [0.4, 0.5) is 5.69 Å². The van der Waals surface area contributed by atoms with E-state index in [1.807, 2.05) is 17.5 Å². The predicted octanol–water partition coefficient (Wildman–Crippen LogP) is 4.85. The third-order valence-electron chi connectivity index (χ3n) is 4.01. The van der Waals surface area contributed by atoms with Crippen molar-refractivity contribution < 1.29 is 19.2 Å². The molecule has 27 heavy (non-hydrogen) atoms. The average molecular weight is 379 g/mol. The van der Waals surface area contributed by atoms with Gasteiger partial charge in [-0.05, 0) is 41.3 Å². The normalized spacial score (nSPS) is 14.1. The van der Waals surface area contributed by atoms with Crippen molar-refractivity contribution in [3.05, 3.63) is 91.9 Å². The smallest absolute Gasteiger partial charge is 0.269 e. The number of hydrogen-bond acceptors (Lipinski definition) is 6. The Morgan fingerprint density at radius 2 is 1.96 bits per heavy atom. The highest BCUT2D eigenvalue weighted by molar-refractivity contribution is 7.10. The Morgan fingerprint density at radius 1 is 1.15 bits per heavy atom. The summed E-state index contributed by atoms with van der Waals surface area (Å²) in [6, 6.07) is 15.0. The van der Waals surface area contributed by atoms with Crippen LogP contribution in [0.3, 0.4) is 0 Å². The lowest BCUT2D eigenvalue weighted by atomic mass is 10.1. The molecule has 0 atom stereocenters. The molecule has 1 aromatic heterocycles. The molecule has 4 rings (SSSR count). The van der Waals surface area contributed by atoms with Gasteiger partial charge in [0.15, 0.2) is 5.76 Å². The second kappa shape index (κ2) is 7.05. The summed E-state index contributed by atoms with van der Waals surface area (Å²) in [5.74, 6) is 1.15. The highest BCUT2D eigenvalue weighted by atomic mass is 32.1. The van der Waals surface area contributed by atoms with Crippen LogP contribution in [0.1, 0.15) is 20.8 Å². The van der Waals surface area contributed by atoms with Gasteiger partial charge in [-0.25, -0.2) is 0 Å². The second-order valence-corrected chi connectivity index (χ2v) is 6.80. The molecule has 6 nitrogen and oxygen atoms in total. The van der Waals surface area contributed by atoms with Crippen molar-refractivity contribution in [3.63, 3.8) is 0 Å². The van der Waals surface area contributed by atoms with E-state index >= 15 is 0 Å². The van der Waals surface area contributed by atoms with Crippen LogP contribution in [-0.2, 0) is 6.61 Å². The maximum absolute atomic E-state index is 12.4. The zero-order valence-corrected chi connectivity index (χ0v) is 14.8. The highest BCUT2D eigenvalue weighted by Crippen LogP contribution is 2.35. The third kappa shape index (κ3) is 3.58. The number of thiophene rings is 1. The number of nitro groups is 1. The van der Waals surface area contributed by atoms with Crippen molar-refractivity contribution >= 4 is 28.9 Å². The topological polar surface area (TPSA) is 78.7 Å². The lowest BCUT2D eigenvalue weighted by Crippen LogP contribution is -1.97. The monoisotopic (exact) mass is 379 g/mol. The zero-order chi connectivity index (χ0) is 18.8. The standard InChI is InChI=1S/C20H13NO5S/c22-20-17-8-7-15(25-12-13-3-5-14(6-4-13)21(23)24)10-18(17)26-19(20)11-16-2-1-9-27-16/h1-11H,12H2/b19-11-. The zero-order valence-electron chi connectivity index (χ0n) is 14.0. The molecule has 0 saturated heterocycles. The third-order valence-corrected chi connectivity index (χ3v) is 4.83. The molecule has 1 aliphatic heterocycles. The molecule has 1 aliphatic rings. The van der Waals surface area contributed by atoms with Crippen LogP contribution in [-0.4, -0.2) is 10.7 Å². The van der Waals surface area contributed by atoms with Crippen LogP contribution in [0.5, 0.6) is 11.5 Å². The van der Waals surface area contributed by atoms with Crippen molar-refractivity contribution in [1.82, 2.24) is 0 Å². The van der Waals surface area contributed by atoms with Gasteiger partial charge in [-0.1, -0.05) is 6.07 Å². The Morgan fingerprint density at radius 3 is 2.67 bits per heavy atom. The van der Waals surface area contributed by atoms with E-state index in [9.17, 15) is 14.9 Å². The molecule has 0 radical (unpaired) electrons. The molecule has 2 heterocycles. The second-order valence-electron chi connectivity index (χ2n) is 5.83. The van der Waals surface area contributed by atoms with Crippen molar-refractivity contribution in [2.75, 3.05) is 0 Å². The molecule has 0 unspecified atom stereocenters. The molecule has 0 spiro atoms. The Balaban J connectivity index is 1.47. The van der Waals surface area contributed by atoms with Crippen molar-refractivity contribution in [2.24, 2.45) is 0 Å². The number of rotatable bonds is 5. The fourth-order valence-corrected chi connectivity index (χ4v) is 3.29. The van der Waals surface area contributed by atoms with Gasteiger partial charge >= 0.3 is 0 Å². The number of carbonyl (C=O) groups excluding carboxylic acids is 1. The minimum atomic E-state index is -0.444. The summed E-state index contributed by atoms with van der Waals surface area (Å²) in [7, 11) is 0. The Bertz CT molecular complexity index is 1040. The fraction of sp³-hybridized carbons (Fsp3) is 0.0500. The molecule has 0 fully saturated rings. The summed E-state index contributed by atoms with van der Waals surface area (Å²) >= 11 is 1.53. The molecule has 0 saturated carbocycles. The summed E-state index contributed by atoms with van der Waals surface area (Å²) in [5.41, 5.74) is 1.34. The summed E-state index contributed by atoms with van der Waals surface area (Å²) in [5, 5.41) is 12.6. The summed E-state index contributed by atoms with van der Waals surface area (Å²) in [4.78, 5) is 23.6. The molecule has 134 valence electrons. The van der Waals surface area contributed by atoms with E-state index in [0.29, 0.717) is 22.8 Å². The first-order valence-electron chi connectivity index (χ1n) is 8.08. The first-order valence-corrected chi connectivity index (χ1v) is 8.96. The quantitative estimate of drug-likeness (QED) is 0.360. The fourth-order valence-electron chi connectivity index (χ4n) is 2.64. The van der Waals surface area contributed by atoms with Gasteiger partial charge in [0.25, 0.3) is 5.69 Å². The number of hydrogen-bond donors (Lipinski definition) is 0. The molecular weight excluding hydrogens is 366 g/mol. The molecule has 0 N–H and O–H groups in total. The van der Waals surface area contributed by atoms with Crippen LogP contribution in [0.2, 0.25) is 0 Å². The number of nitro benzene ring substituents is 1. The number of fused-ring (bicyclic) bond motifs is 1. The van der Waals surface area contributed by atoms with Crippen LogP contribution in [0.25, 0.3) is 6.08 Å². The predicted molar refractivity (Wildman–Crippen MR) is 101 cm³/mol. The van der Waals surface area contributed by atoms with Crippen LogP contribution in [0, 0.1) is 10.1 Å². The Kier molecular flexibility index (Phi) is 4.43. The van der Waals surface area contributed by atoms with E-state index in [0.717, 1.165) is 10.4 Å². The van der Waals surface area contributed by atoms with E-state index in [2.05, 4.69) is 0 Å². The van der Waals surface area contributed by atoms with Gasteiger partial charge in [0, 0.05) is 29.2 Å². The minimum absolute atomic E-state index is 0.0354. The average Bonchev–Trinajstić information content (AvgIpc) is 3.29. The van der Waals surface area contributed by atoms with Gasteiger partial charge in [0.2, 0.25) is 5.78 Å². The van der Waals surface area contributed by atoms with Crippen molar-refractivity contribution in [2.45, 2.75) is 6.61 Å². The molecule has 0 amide bonds. The summed E-state index contributed by atoms with van der Waals surface area (Å²) in [6.07, 6.45) is 1.73. The number of Topliss-reactive ketones (excluding diaryl/α,β-unsaturated/α-hetero) is 1. The van der Waals surface area contributed by atoms with Crippen molar-refractivity contribution in [3.8, 4) is 11.5 Å². The molecular formula is C20H13NO5S. The van der Waals surface area contributed by atoms with Crippen molar-refractivity contribution in [1.29, 1.82) is 0 Å². The van der Waals surface area contributed by atoms with Crippen LogP contribution >= 0.6 is 11.3 Å². The van der Waals surface area contributed by atoms with Gasteiger partial charge in [0.1, 0.15) is 18.1 Å². The molecule has 7 heteroatoms. The lowest BCUT2D eigenvalue weighted by molar-refractivity contribution is -0.384. The maximum atomic E-state index is 12.4.